The molecular weight excluding hydrogens is 416 g/mol. The van der Waals surface area contributed by atoms with Crippen LogP contribution in [0.4, 0.5) is 5.13 Å². The number of hydrogen-bond acceptors (Lipinski definition) is 6. The Morgan fingerprint density at radius 2 is 1.93 bits per heavy atom. The zero-order valence-corrected chi connectivity index (χ0v) is 18.4. The molecule has 2 heterocycles. The molecule has 0 saturated carbocycles. The average molecular weight is 439 g/mol. The Kier molecular flexibility index (Phi) is 6.47. The van der Waals surface area contributed by atoms with Crippen LogP contribution in [0.2, 0.25) is 0 Å². The Bertz CT molecular complexity index is 1140. The highest BCUT2D eigenvalue weighted by atomic mass is 32.2. The molecule has 0 saturated heterocycles. The summed E-state index contributed by atoms with van der Waals surface area (Å²) < 4.78 is 7.35. The number of hydrogen-bond donors (Lipinski definition) is 1. The first-order chi connectivity index (χ1) is 14.7. The molecule has 0 spiro atoms. The maximum Gasteiger partial charge on any atom is 0.239 e. The van der Waals surface area contributed by atoms with Crippen molar-refractivity contribution in [1.82, 2.24) is 14.5 Å². The van der Waals surface area contributed by atoms with Crippen LogP contribution in [0.25, 0.3) is 22.3 Å². The number of benzene rings is 2. The number of imidazole rings is 1. The number of anilines is 1. The Morgan fingerprint density at radius 1 is 1.17 bits per heavy atom. The monoisotopic (exact) mass is 438 g/mol. The molecule has 4 rings (SSSR count). The smallest absolute Gasteiger partial charge is 0.239 e. The lowest BCUT2D eigenvalue weighted by Crippen LogP contribution is -2.23. The van der Waals surface area contributed by atoms with Gasteiger partial charge in [-0.15, -0.1) is 11.3 Å². The SMILES string of the molecule is COCCn1c(SC(C)C(=O)Nc2nc(-c3ccccc3)cs2)nc2ccccc21. The molecule has 1 amide bonds. The molecular formula is C22H22N4O2S2. The van der Waals surface area contributed by atoms with E-state index in [1.54, 1.807) is 7.11 Å². The van der Waals surface area contributed by atoms with Gasteiger partial charge in [-0.25, -0.2) is 9.97 Å². The average Bonchev–Trinajstić information content (AvgIpc) is 3.37. The largest absolute Gasteiger partial charge is 0.383 e. The van der Waals surface area contributed by atoms with E-state index >= 15 is 0 Å². The van der Waals surface area contributed by atoms with E-state index in [1.807, 2.05) is 66.9 Å². The number of thiazole rings is 1. The van der Waals surface area contributed by atoms with E-state index in [2.05, 4.69) is 14.9 Å². The highest BCUT2D eigenvalue weighted by Crippen LogP contribution is 2.29. The van der Waals surface area contributed by atoms with Crippen LogP contribution in [-0.2, 0) is 16.1 Å². The van der Waals surface area contributed by atoms with Crippen LogP contribution in [0.1, 0.15) is 6.92 Å². The van der Waals surface area contributed by atoms with Gasteiger partial charge in [0.05, 0.1) is 28.6 Å². The van der Waals surface area contributed by atoms with E-state index in [-0.39, 0.29) is 11.2 Å². The third kappa shape index (κ3) is 4.56. The van der Waals surface area contributed by atoms with E-state index in [0.29, 0.717) is 18.3 Å². The topological polar surface area (TPSA) is 69.0 Å². The number of amides is 1. The number of aromatic nitrogens is 3. The van der Waals surface area contributed by atoms with Crippen LogP contribution in [0, 0.1) is 0 Å². The van der Waals surface area contributed by atoms with Crippen molar-refractivity contribution in [3.8, 4) is 11.3 Å². The number of fused-ring (bicyclic) bond motifs is 1. The lowest BCUT2D eigenvalue weighted by molar-refractivity contribution is -0.115. The standard InChI is InChI=1S/C22H22N4O2S2/c1-15(20(27)25-21-23-18(14-29-21)16-8-4-3-5-9-16)30-22-24-17-10-6-7-11-19(17)26(22)12-13-28-2/h3-11,14-15H,12-13H2,1-2H3,(H,23,25,27). The number of rotatable bonds is 8. The number of nitrogens with one attached hydrogen (secondary N) is 1. The van der Waals surface area contributed by atoms with E-state index < -0.39 is 0 Å². The summed E-state index contributed by atoms with van der Waals surface area (Å²) in [5.41, 5.74) is 3.84. The quantitative estimate of drug-likeness (QED) is 0.395. The summed E-state index contributed by atoms with van der Waals surface area (Å²) in [6.07, 6.45) is 0. The van der Waals surface area contributed by atoms with E-state index in [0.717, 1.165) is 27.4 Å². The number of carbonyl (C=O) groups is 1. The summed E-state index contributed by atoms with van der Waals surface area (Å²) in [5, 5.41) is 5.96. The number of para-hydroxylation sites is 2. The second-order valence-electron chi connectivity index (χ2n) is 6.68. The van der Waals surface area contributed by atoms with Crippen molar-refractivity contribution in [2.75, 3.05) is 19.0 Å². The van der Waals surface area contributed by atoms with Gasteiger partial charge in [-0.2, -0.15) is 0 Å². The first-order valence-electron chi connectivity index (χ1n) is 9.58. The molecule has 2 aromatic heterocycles. The van der Waals surface area contributed by atoms with Crippen molar-refractivity contribution in [3.63, 3.8) is 0 Å². The van der Waals surface area contributed by atoms with Gasteiger partial charge < -0.3 is 14.6 Å². The van der Waals surface area contributed by atoms with Crippen molar-refractivity contribution in [3.05, 3.63) is 60.0 Å². The van der Waals surface area contributed by atoms with Crippen LogP contribution in [0.15, 0.2) is 65.1 Å². The lowest BCUT2D eigenvalue weighted by atomic mass is 10.2. The van der Waals surface area contributed by atoms with Gasteiger partial charge in [0.15, 0.2) is 10.3 Å². The van der Waals surface area contributed by atoms with Crippen molar-refractivity contribution in [1.29, 1.82) is 0 Å². The second kappa shape index (κ2) is 9.42. The molecule has 1 N–H and O–H groups in total. The molecule has 0 aliphatic carbocycles. The fraction of sp³-hybridized carbons (Fsp3) is 0.227. The molecule has 0 bridgehead atoms. The molecule has 0 aliphatic heterocycles. The second-order valence-corrected chi connectivity index (χ2v) is 8.85. The van der Waals surface area contributed by atoms with Crippen LogP contribution >= 0.6 is 23.1 Å². The van der Waals surface area contributed by atoms with E-state index in [1.165, 1.54) is 23.1 Å². The minimum Gasteiger partial charge on any atom is -0.383 e. The van der Waals surface area contributed by atoms with E-state index in [9.17, 15) is 4.79 Å². The van der Waals surface area contributed by atoms with Gasteiger partial charge in [0.1, 0.15) is 0 Å². The Labute approximate surface area is 183 Å². The molecule has 4 aromatic rings. The molecule has 2 aromatic carbocycles. The summed E-state index contributed by atoms with van der Waals surface area (Å²) in [4.78, 5) is 22.0. The summed E-state index contributed by atoms with van der Waals surface area (Å²) in [6.45, 7) is 3.14. The highest BCUT2D eigenvalue weighted by molar-refractivity contribution is 8.00. The predicted octanol–water partition coefficient (Wildman–Crippen LogP) is 4.93. The fourth-order valence-corrected chi connectivity index (χ4v) is 4.71. The first-order valence-corrected chi connectivity index (χ1v) is 11.3. The van der Waals surface area contributed by atoms with Gasteiger partial charge in [0.25, 0.3) is 0 Å². The Balaban J connectivity index is 1.47. The van der Waals surface area contributed by atoms with Crippen LogP contribution < -0.4 is 5.32 Å². The van der Waals surface area contributed by atoms with Crippen molar-refractivity contribution < 1.29 is 9.53 Å². The molecule has 1 unspecified atom stereocenters. The number of carbonyl (C=O) groups excluding carboxylic acids is 1. The molecule has 6 nitrogen and oxygen atoms in total. The van der Waals surface area contributed by atoms with Gasteiger partial charge in [-0.3, -0.25) is 4.79 Å². The summed E-state index contributed by atoms with van der Waals surface area (Å²) in [6, 6.07) is 17.9. The van der Waals surface area contributed by atoms with Crippen LogP contribution in [0.5, 0.6) is 0 Å². The zero-order chi connectivity index (χ0) is 20.9. The van der Waals surface area contributed by atoms with Crippen molar-refractivity contribution in [2.24, 2.45) is 0 Å². The van der Waals surface area contributed by atoms with Gasteiger partial charge in [0.2, 0.25) is 5.91 Å². The normalized spacial score (nSPS) is 12.2. The highest BCUT2D eigenvalue weighted by Gasteiger charge is 2.20. The Morgan fingerprint density at radius 3 is 2.73 bits per heavy atom. The lowest BCUT2D eigenvalue weighted by Gasteiger charge is -2.12. The van der Waals surface area contributed by atoms with Gasteiger partial charge in [0, 0.05) is 24.6 Å². The number of ether oxygens (including phenoxy) is 1. The molecule has 30 heavy (non-hydrogen) atoms. The molecule has 0 aliphatic rings. The summed E-state index contributed by atoms with van der Waals surface area (Å²) >= 11 is 2.86. The van der Waals surface area contributed by atoms with Crippen LogP contribution in [0.3, 0.4) is 0 Å². The molecule has 8 heteroatoms. The third-order valence-corrected chi connectivity index (χ3v) is 6.44. The Hall–Kier alpha value is -2.68. The third-order valence-electron chi connectivity index (χ3n) is 4.59. The van der Waals surface area contributed by atoms with E-state index in [4.69, 9.17) is 9.72 Å². The number of thioether (sulfide) groups is 1. The van der Waals surface area contributed by atoms with Gasteiger partial charge in [-0.05, 0) is 19.1 Å². The van der Waals surface area contributed by atoms with Crippen molar-refractivity contribution >= 4 is 45.2 Å². The first kappa shape index (κ1) is 20.6. The van der Waals surface area contributed by atoms with Crippen LogP contribution in [-0.4, -0.2) is 39.4 Å². The summed E-state index contributed by atoms with van der Waals surface area (Å²) in [5.74, 6) is -0.0979. The zero-order valence-electron chi connectivity index (χ0n) is 16.7. The number of methoxy groups -OCH3 is 1. The van der Waals surface area contributed by atoms with Crippen molar-refractivity contribution in [2.45, 2.75) is 23.9 Å². The van der Waals surface area contributed by atoms with Gasteiger partial charge in [-0.1, -0.05) is 54.2 Å². The number of nitrogens with zero attached hydrogens (tertiary/aromatic N) is 3. The van der Waals surface area contributed by atoms with Gasteiger partial charge >= 0.3 is 0 Å². The minimum absolute atomic E-state index is 0.0979. The molecule has 0 radical (unpaired) electrons. The minimum atomic E-state index is -0.327. The maximum atomic E-state index is 12.8. The maximum absolute atomic E-state index is 12.8. The molecule has 154 valence electrons. The predicted molar refractivity (Wildman–Crippen MR) is 123 cm³/mol. The molecule has 1 atom stereocenters. The fourth-order valence-electron chi connectivity index (χ4n) is 3.03. The molecule has 0 fully saturated rings. The summed E-state index contributed by atoms with van der Waals surface area (Å²) in [7, 11) is 1.68.